The minimum atomic E-state index is -4.18. The van der Waals surface area contributed by atoms with Crippen LogP contribution in [0.1, 0.15) is 12.0 Å². The van der Waals surface area contributed by atoms with Crippen LogP contribution in [-0.2, 0) is 0 Å². The Morgan fingerprint density at radius 3 is 2.41 bits per heavy atom. The molecule has 0 saturated heterocycles. The molecule has 1 aromatic rings. The molecule has 0 radical (unpaired) electrons. The predicted octanol–water partition coefficient (Wildman–Crippen LogP) is 3.67. The van der Waals surface area contributed by atoms with Crippen LogP contribution in [0, 0.1) is 0 Å². The molecule has 0 spiro atoms. The van der Waals surface area contributed by atoms with Crippen molar-refractivity contribution in [1.82, 2.24) is 0 Å². The molecule has 0 N–H and O–H groups in total. The fourth-order valence-corrected chi connectivity index (χ4v) is 1.28. The van der Waals surface area contributed by atoms with Crippen molar-refractivity contribution in [3.8, 4) is 11.5 Å². The average molecular weight is 246 g/mol. The molecule has 0 aliphatic heterocycles. The first-order chi connectivity index (χ1) is 7.96. The molecular formula is C12H13F3O2. The molecule has 1 aromatic carbocycles. The van der Waals surface area contributed by atoms with E-state index >= 15 is 0 Å². The summed E-state index contributed by atoms with van der Waals surface area (Å²) >= 11 is 0. The van der Waals surface area contributed by atoms with Gasteiger partial charge < -0.3 is 9.47 Å². The van der Waals surface area contributed by atoms with Crippen LogP contribution < -0.4 is 9.47 Å². The molecule has 1 rings (SSSR count). The van der Waals surface area contributed by atoms with Gasteiger partial charge in [0.1, 0.15) is 11.5 Å². The summed E-state index contributed by atoms with van der Waals surface area (Å²) in [5.41, 5.74) is 0.581. The lowest BCUT2D eigenvalue weighted by Crippen LogP contribution is -2.03. The van der Waals surface area contributed by atoms with Crippen LogP contribution in [0.3, 0.4) is 0 Å². The van der Waals surface area contributed by atoms with E-state index in [-0.39, 0.29) is 0 Å². The lowest BCUT2D eigenvalue weighted by Gasteiger charge is -2.07. The predicted molar refractivity (Wildman–Crippen MR) is 59.3 cm³/mol. The van der Waals surface area contributed by atoms with Crippen molar-refractivity contribution < 1.29 is 22.6 Å². The minimum absolute atomic E-state index is 0.475. The lowest BCUT2D eigenvalue weighted by molar-refractivity contribution is -0.124. The van der Waals surface area contributed by atoms with E-state index in [0.717, 1.165) is 6.08 Å². The zero-order valence-corrected chi connectivity index (χ0v) is 9.54. The van der Waals surface area contributed by atoms with Gasteiger partial charge in [-0.1, -0.05) is 12.2 Å². The van der Waals surface area contributed by atoms with Gasteiger partial charge in [0.25, 0.3) is 0 Å². The Bertz CT molecular complexity index is 397. The number of hydrogen-bond donors (Lipinski definition) is 0. The molecule has 0 atom stereocenters. The molecule has 0 fully saturated rings. The van der Waals surface area contributed by atoms with Gasteiger partial charge in [0.15, 0.2) is 0 Å². The molecule has 0 unspecified atom stereocenters. The minimum Gasteiger partial charge on any atom is -0.497 e. The second-order valence-electron chi connectivity index (χ2n) is 3.33. The molecule has 0 aliphatic rings. The third kappa shape index (κ3) is 4.38. The summed E-state index contributed by atoms with van der Waals surface area (Å²) < 4.78 is 45.9. The Morgan fingerprint density at radius 1 is 1.18 bits per heavy atom. The Morgan fingerprint density at radius 2 is 1.88 bits per heavy atom. The lowest BCUT2D eigenvalue weighted by atomic mass is 10.1. The summed E-state index contributed by atoms with van der Waals surface area (Å²) in [6, 6.07) is 4.92. The molecule has 0 aliphatic carbocycles. The van der Waals surface area contributed by atoms with Gasteiger partial charge in [-0.25, -0.2) is 0 Å². The highest BCUT2D eigenvalue weighted by Crippen LogP contribution is 2.27. The van der Waals surface area contributed by atoms with Gasteiger partial charge in [0.05, 0.1) is 20.6 Å². The molecule has 0 heterocycles. The van der Waals surface area contributed by atoms with Crippen molar-refractivity contribution in [1.29, 1.82) is 0 Å². The van der Waals surface area contributed by atoms with E-state index in [1.54, 1.807) is 18.2 Å². The highest BCUT2D eigenvalue weighted by Gasteiger charge is 2.24. The quantitative estimate of drug-likeness (QED) is 0.807. The zero-order chi connectivity index (χ0) is 12.9. The second-order valence-corrected chi connectivity index (χ2v) is 3.33. The summed E-state index contributed by atoms with van der Waals surface area (Å²) in [7, 11) is 2.96. The van der Waals surface area contributed by atoms with Crippen molar-refractivity contribution >= 4 is 6.08 Å². The van der Waals surface area contributed by atoms with E-state index < -0.39 is 12.6 Å². The highest BCUT2D eigenvalue weighted by atomic mass is 19.4. The second kappa shape index (κ2) is 5.61. The topological polar surface area (TPSA) is 18.5 Å². The van der Waals surface area contributed by atoms with Gasteiger partial charge in [-0.3, -0.25) is 0 Å². The first-order valence-corrected chi connectivity index (χ1v) is 4.91. The van der Waals surface area contributed by atoms with Crippen LogP contribution in [0.2, 0.25) is 0 Å². The molecular weight excluding hydrogens is 233 g/mol. The van der Waals surface area contributed by atoms with E-state index in [1.807, 2.05) is 0 Å². The number of benzene rings is 1. The van der Waals surface area contributed by atoms with Gasteiger partial charge in [0, 0.05) is 11.6 Å². The Hall–Kier alpha value is -1.65. The summed E-state index contributed by atoms with van der Waals surface area (Å²) in [6.07, 6.45) is -2.70. The fraction of sp³-hybridized carbons (Fsp3) is 0.333. The third-order valence-electron chi connectivity index (χ3n) is 2.09. The molecule has 5 heteroatoms. The molecule has 0 saturated carbocycles. The van der Waals surface area contributed by atoms with Gasteiger partial charge in [-0.15, -0.1) is 0 Å². The number of alkyl halides is 3. The number of methoxy groups -OCH3 is 2. The van der Waals surface area contributed by atoms with Crippen LogP contribution >= 0.6 is 0 Å². The van der Waals surface area contributed by atoms with E-state index in [0.29, 0.717) is 17.1 Å². The Balaban J connectivity index is 2.84. The first-order valence-electron chi connectivity index (χ1n) is 4.91. The normalized spacial score (nSPS) is 11.8. The van der Waals surface area contributed by atoms with Gasteiger partial charge in [-0.2, -0.15) is 13.2 Å². The maximum absolute atomic E-state index is 12.0. The van der Waals surface area contributed by atoms with Crippen LogP contribution in [0.15, 0.2) is 24.3 Å². The van der Waals surface area contributed by atoms with Crippen LogP contribution in [-0.4, -0.2) is 20.4 Å². The molecule has 94 valence electrons. The third-order valence-corrected chi connectivity index (χ3v) is 2.09. The summed E-state index contributed by atoms with van der Waals surface area (Å²) in [5, 5.41) is 0. The molecule has 0 aromatic heterocycles. The molecule has 0 amide bonds. The monoisotopic (exact) mass is 246 g/mol. The van der Waals surface area contributed by atoms with E-state index in [1.165, 1.54) is 20.3 Å². The van der Waals surface area contributed by atoms with Crippen molar-refractivity contribution in [2.24, 2.45) is 0 Å². The molecule has 0 bridgehead atoms. The summed E-state index contributed by atoms with van der Waals surface area (Å²) in [6.45, 7) is 0. The Labute approximate surface area is 97.7 Å². The zero-order valence-electron chi connectivity index (χ0n) is 9.54. The summed E-state index contributed by atoms with van der Waals surface area (Å²) in [4.78, 5) is 0. The number of ether oxygens (including phenoxy) is 2. The number of hydrogen-bond acceptors (Lipinski definition) is 2. The molecule has 17 heavy (non-hydrogen) atoms. The van der Waals surface area contributed by atoms with Crippen LogP contribution in [0.5, 0.6) is 11.5 Å². The van der Waals surface area contributed by atoms with Crippen molar-refractivity contribution in [3.05, 3.63) is 29.8 Å². The van der Waals surface area contributed by atoms with Crippen LogP contribution in [0.25, 0.3) is 6.08 Å². The van der Waals surface area contributed by atoms with Crippen molar-refractivity contribution in [2.75, 3.05) is 14.2 Å². The smallest absolute Gasteiger partial charge is 0.392 e. The maximum atomic E-state index is 12.0. The van der Waals surface area contributed by atoms with E-state index in [4.69, 9.17) is 9.47 Å². The first kappa shape index (κ1) is 13.4. The largest absolute Gasteiger partial charge is 0.497 e. The van der Waals surface area contributed by atoms with Crippen LogP contribution in [0.4, 0.5) is 13.2 Å². The van der Waals surface area contributed by atoms with Crippen molar-refractivity contribution in [2.45, 2.75) is 12.6 Å². The van der Waals surface area contributed by atoms with Gasteiger partial charge >= 0.3 is 6.18 Å². The van der Waals surface area contributed by atoms with E-state index in [9.17, 15) is 13.2 Å². The number of halogens is 3. The average Bonchev–Trinajstić information content (AvgIpc) is 2.27. The summed E-state index contributed by atoms with van der Waals surface area (Å²) in [5.74, 6) is 1.07. The van der Waals surface area contributed by atoms with E-state index in [2.05, 4.69) is 0 Å². The standard InChI is InChI=1S/C12H13F3O2/c1-16-10-6-5-9(11(8-10)17-2)4-3-7-12(13,14)15/h3-6,8H,7H2,1-2H3/b4-3+. The number of rotatable bonds is 4. The fourth-order valence-electron chi connectivity index (χ4n) is 1.28. The SMILES string of the molecule is COc1ccc(/C=C/CC(F)(F)F)c(OC)c1. The maximum Gasteiger partial charge on any atom is 0.392 e. The number of allylic oxidation sites excluding steroid dienone is 1. The highest BCUT2D eigenvalue weighted by molar-refractivity contribution is 5.59. The van der Waals surface area contributed by atoms with Crippen molar-refractivity contribution in [3.63, 3.8) is 0 Å². The van der Waals surface area contributed by atoms with Gasteiger partial charge in [0.2, 0.25) is 0 Å². The Kier molecular flexibility index (Phi) is 4.43. The van der Waals surface area contributed by atoms with Gasteiger partial charge in [-0.05, 0) is 12.1 Å². The molecule has 2 nitrogen and oxygen atoms in total.